The Balaban J connectivity index is 1.50. The maximum atomic E-state index is 13.1. The highest BCUT2D eigenvalue weighted by Crippen LogP contribution is 2.20. The summed E-state index contributed by atoms with van der Waals surface area (Å²) in [6.45, 7) is 0.640. The smallest absolute Gasteiger partial charge is 0.407 e. The van der Waals surface area contributed by atoms with Crippen molar-refractivity contribution in [2.45, 2.75) is 25.8 Å². The number of nitrogens with zero attached hydrogens (tertiary/aromatic N) is 2. The number of non-ortho nitro benzene ring substituents is 1. The van der Waals surface area contributed by atoms with Gasteiger partial charge in [0.2, 0.25) is 5.91 Å². The van der Waals surface area contributed by atoms with Gasteiger partial charge in [0.05, 0.1) is 16.5 Å². The molecule has 0 bridgehead atoms. The van der Waals surface area contributed by atoms with Gasteiger partial charge in [0, 0.05) is 25.6 Å². The summed E-state index contributed by atoms with van der Waals surface area (Å²) in [6.07, 6.45) is 1.13. The van der Waals surface area contributed by atoms with Crippen LogP contribution in [0.1, 0.15) is 18.4 Å². The molecule has 0 saturated heterocycles. The second kappa shape index (κ2) is 8.47. The molecular formula is C19H18FN3O5. The summed E-state index contributed by atoms with van der Waals surface area (Å²) in [4.78, 5) is 34.1. The number of carbonyl (C=O) groups is 1. The van der Waals surface area contributed by atoms with Gasteiger partial charge in [-0.05, 0) is 36.6 Å². The van der Waals surface area contributed by atoms with Crippen LogP contribution in [0.25, 0.3) is 11.1 Å². The van der Waals surface area contributed by atoms with E-state index in [1.54, 1.807) is 12.1 Å². The molecule has 8 nitrogen and oxygen atoms in total. The number of nitrogens with one attached hydrogen (secondary N) is 1. The van der Waals surface area contributed by atoms with Crippen LogP contribution < -0.4 is 11.1 Å². The number of nitro groups is 1. The third-order valence-corrected chi connectivity index (χ3v) is 4.27. The van der Waals surface area contributed by atoms with E-state index < -0.39 is 10.7 Å². The van der Waals surface area contributed by atoms with Gasteiger partial charge in [-0.15, -0.1) is 0 Å². The normalized spacial score (nSPS) is 10.9. The van der Waals surface area contributed by atoms with Crippen molar-refractivity contribution in [3.05, 3.63) is 74.5 Å². The number of benzene rings is 2. The summed E-state index contributed by atoms with van der Waals surface area (Å²) in [5.41, 5.74) is 1.22. The first kappa shape index (κ1) is 19.3. The molecule has 28 heavy (non-hydrogen) atoms. The van der Waals surface area contributed by atoms with E-state index in [1.165, 1.54) is 34.9 Å². The Morgan fingerprint density at radius 2 is 2.07 bits per heavy atom. The first-order chi connectivity index (χ1) is 13.4. The molecule has 2 aromatic carbocycles. The molecule has 1 amide bonds. The number of nitro benzene ring substituents is 1. The van der Waals surface area contributed by atoms with Gasteiger partial charge >= 0.3 is 5.76 Å². The molecule has 0 aliphatic heterocycles. The van der Waals surface area contributed by atoms with Crippen molar-refractivity contribution >= 4 is 22.7 Å². The van der Waals surface area contributed by atoms with E-state index in [9.17, 15) is 24.1 Å². The zero-order chi connectivity index (χ0) is 20.1. The van der Waals surface area contributed by atoms with Gasteiger partial charge in [0.25, 0.3) is 5.69 Å². The number of hydrogen-bond donors (Lipinski definition) is 1. The fraction of sp³-hybridized carbons (Fsp3) is 0.263. The molecule has 0 radical (unpaired) electrons. The fourth-order valence-electron chi connectivity index (χ4n) is 2.91. The van der Waals surface area contributed by atoms with Crippen LogP contribution in [-0.4, -0.2) is 21.9 Å². The maximum Gasteiger partial charge on any atom is 0.419 e. The summed E-state index contributed by atoms with van der Waals surface area (Å²) in [5.74, 6) is -1.11. The number of halogens is 1. The van der Waals surface area contributed by atoms with Crippen molar-refractivity contribution in [2.24, 2.45) is 0 Å². The number of hydrogen-bond acceptors (Lipinski definition) is 5. The molecule has 0 atom stereocenters. The van der Waals surface area contributed by atoms with Gasteiger partial charge < -0.3 is 9.73 Å². The molecule has 1 heterocycles. The number of carbonyl (C=O) groups excluding carboxylic acids is 1. The van der Waals surface area contributed by atoms with E-state index in [1.807, 2.05) is 0 Å². The molecule has 9 heteroatoms. The summed E-state index contributed by atoms with van der Waals surface area (Å²) in [7, 11) is 0. The number of amides is 1. The van der Waals surface area contributed by atoms with Crippen LogP contribution >= 0.6 is 0 Å². The number of rotatable bonds is 8. The molecule has 0 saturated carbocycles. The Labute approximate surface area is 158 Å². The van der Waals surface area contributed by atoms with Gasteiger partial charge in [-0.3, -0.25) is 19.5 Å². The molecule has 146 valence electrons. The predicted molar refractivity (Wildman–Crippen MR) is 99.5 cm³/mol. The molecule has 0 spiro atoms. The molecule has 3 rings (SSSR count). The summed E-state index contributed by atoms with van der Waals surface area (Å²) >= 11 is 0. The van der Waals surface area contributed by atoms with Crippen molar-refractivity contribution in [1.82, 2.24) is 9.88 Å². The third kappa shape index (κ3) is 4.61. The summed E-state index contributed by atoms with van der Waals surface area (Å²) < 4.78 is 19.5. The minimum atomic E-state index is -0.623. The Kier molecular flexibility index (Phi) is 5.83. The Morgan fingerprint density at radius 1 is 1.25 bits per heavy atom. The van der Waals surface area contributed by atoms with E-state index in [0.717, 1.165) is 5.56 Å². The predicted octanol–water partition coefficient (Wildman–Crippen LogP) is 2.78. The van der Waals surface area contributed by atoms with Gasteiger partial charge in [-0.2, -0.15) is 0 Å². The van der Waals surface area contributed by atoms with Gasteiger partial charge in [0.15, 0.2) is 5.58 Å². The van der Waals surface area contributed by atoms with Gasteiger partial charge in [-0.1, -0.05) is 12.1 Å². The third-order valence-electron chi connectivity index (χ3n) is 4.27. The largest absolute Gasteiger partial charge is 0.419 e. The number of aryl methyl sites for hydroxylation is 1. The monoisotopic (exact) mass is 387 g/mol. The minimum absolute atomic E-state index is 0.138. The average molecular weight is 387 g/mol. The molecule has 0 unspecified atom stereocenters. The molecule has 0 fully saturated rings. The van der Waals surface area contributed by atoms with Crippen LogP contribution in [0.4, 0.5) is 10.1 Å². The fourth-order valence-corrected chi connectivity index (χ4v) is 2.91. The van der Waals surface area contributed by atoms with Crippen molar-refractivity contribution in [2.75, 3.05) is 6.54 Å². The van der Waals surface area contributed by atoms with E-state index in [2.05, 4.69) is 5.32 Å². The standard InChI is InChI=1S/C19H18FN3O5/c20-14-4-1-3-13(11-14)8-9-21-18(24)5-2-10-22-16-7-6-15(23(26)27)12-17(16)28-19(22)25/h1,3-4,6-7,11-12H,2,5,8-10H2,(H,21,24). The highest BCUT2D eigenvalue weighted by atomic mass is 19.1. The minimum Gasteiger partial charge on any atom is -0.407 e. The Bertz CT molecular complexity index is 1070. The van der Waals surface area contributed by atoms with E-state index in [4.69, 9.17) is 4.42 Å². The quantitative estimate of drug-likeness (QED) is 0.472. The van der Waals surface area contributed by atoms with Crippen molar-refractivity contribution in [3.63, 3.8) is 0 Å². The Morgan fingerprint density at radius 3 is 2.82 bits per heavy atom. The van der Waals surface area contributed by atoms with Crippen molar-refractivity contribution in [3.8, 4) is 0 Å². The van der Waals surface area contributed by atoms with Gasteiger partial charge in [-0.25, -0.2) is 9.18 Å². The average Bonchev–Trinajstić information content (AvgIpc) is 2.96. The molecule has 0 aliphatic carbocycles. The molecular weight excluding hydrogens is 369 g/mol. The molecule has 3 aromatic rings. The van der Waals surface area contributed by atoms with Crippen LogP contribution in [0.2, 0.25) is 0 Å². The van der Waals surface area contributed by atoms with E-state index in [-0.39, 0.29) is 36.0 Å². The van der Waals surface area contributed by atoms with Crippen molar-refractivity contribution < 1.29 is 18.5 Å². The lowest BCUT2D eigenvalue weighted by molar-refractivity contribution is -0.384. The molecule has 0 aliphatic rings. The Hall–Kier alpha value is -3.49. The lowest BCUT2D eigenvalue weighted by Crippen LogP contribution is -2.26. The highest BCUT2D eigenvalue weighted by Gasteiger charge is 2.14. The zero-order valence-corrected chi connectivity index (χ0v) is 14.9. The zero-order valence-electron chi connectivity index (χ0n) is 14.9. The first-order valence-corrected chi connectivity index (χ1v) is 8.73. The van der Waals surface area contributed by atoms with Crippen molar-refractivity contribution in [1.29, 1.82) is 0 Å². The molecule has 1 N–H and O–H groups in total. The van der Waals surface area contributed by atoms with Crippen LogP contribution in [-0.2, 0) is 17.8 Å². The SMILES string of the molecule is O=C(CCCn1c(=O)oc2cc([N+](=O)[O-])ccc21)NCCc1cccc(F)c1. The molecule has 1 aromatic heterocycles. The summed E-state index contributed by atoms with van der Waals surface area (Å²) in [5, 5.41) is 13.5. The van der Waals surface area contributed by atoms with Crippen LogP contribution in [0.3, 0.4) is 0 Å². The van der Waals surface area contributed by atoms with E-state index in [0.29, 0.717) is 24.9 Å². The van der Waals surface area contributed by atoms with Crippen LogP contribution in [0.15, 0.2) is 51.7 Å². The topological polar surface area (TPSA) is 107 Å². The highest BCUT2D eigenvalue weighted by molar-refractivity contribution is 5.76. The van der Waals surface area contributed by atoms with Gasteiger partial charge in [0.1, 0.15) is 5.82 Å². The van der Waals surface area contributed by atoms with E-state index >= 15 is 0 Å². The second-order valence-corrected chi connectivity index (χ2v) is 6.26. The second-order valence-electron chi connectivity index (χ2n) is 6.26. The summed E-state index contributed by atoms with van der Waals surface area (Å²) in [6, 6.07) is 10.1. The number of oxazole rings is 1. The van der Waals surface area contributed by atoms with Crippen LogP contribution in [0, 0.1) is 15.9 Å². The lowest BCUT2D eigenvalue weighted by Gasteiger charge is -2.06. The maximum absolute atomic E-state index is 13.1. The number of fused-ring (bicyclic) bond motifs is 1. The van der Waals surface area contributed by atoms with Crippen LogP contribution in [0.5, 0.6) is 0 Å². The number of aromatic nitrogens is 1. The first-order valence-electron chi connectivity index (χ1n) is 8.73. The lowest BCUT2D eigenvalue weighted by atomic mass is 10.1.